The van der Waals surface area contributed by atoms with E-state index in [1.165, 1.54) is 12.8 Å². The van der Waals surface area contributed by atoms with Crippen LogP contribution in [-0.4, -0.2) is 35.7 Å². The monoisotopic (exact) mass is 245 g/mol. The van der Waals surface area contributed by atoms with E-state index in [2.05, 4.69) is 5.32 Å². The lowest BCUT2D eigenvalue weighted by Gasteiger charge is -2.19. The number of rotatable bonds is 6. The van der Waals surface area contributed by atoms with E-state index in [-0.39, 0.29) is 17.9 Å². The fourth-order valence-corrected chi connectivity index (χ4v) is 2.87. The first-order valence-electron chi connectivity index (χ1n) is 6.10. The minimum Gasteiger partial charge on any atom is -0.391 e. The van der Waals surface area contributed by atoms with E-state index in [0.29, 0.717) is 12.5 Å². The second-order valence-corrected chi connectivity index (χ2v) is 5.62. The maximum Gasteiger partial charge on any atom is 0.223 e. The van der Waals surface area contributed by atoms with Crippen LogP contribution in [0.25, 0.3) is 0 Å². The Labute approximate surface area is 102 Å². The van der Waals surface area contributed by atoms with Crippen molar-refractivity contribution in [3.8, 4) is 0 Å². The quantitative estimate of drug-likeness (QED) is 0.748. The zero-order valence-electron chi connectivity index (χ0n) is 10.2. The highest BCUT2D eigenvalue weighted by atomic mass is 32.2. The number of aliphatic hydroxyl groups excluding tert-OH is 1. The molecule has 1 saturated carbocycles. The molecule has 2 atom stereocenters. The van der Waals surface area contributed by atoms with Gasteiger partial charge < -0.3 is 10.4 Å². The average Bonchev–Trinajstić information content (AvgIpc) is 2.79. The molecule has 4 heteroatoms. The van der Waals surface area contributed by atoms with Gasteiger partial charge in [0, 0.05) is 18.2 Å². The second-order valence-electron chi connectivity index (χ2n) is 4.71. The molecule has 0 radical (unpaired) electrons. The molecule has 94 valence electrons. The van der Waals surface area contributed by atoms with Gasteiger partial charge in [-0.3, -0.25) is 4.79 Å². The van der Waals surface area contributed by atoms with Crippen LogP contribution in [0, 0.1) is 11.8 Å². The van der Waals surface area contributed by atoms with E-state index in [0.717, 1.165) is 18.6 Å². The summed E-state index contributed by atoms with van der Waals surface area (Å²) in [5.41, 5.74) is 0. The molecule has 0 aromatic carbocycles. The van der Waals surface area contributed by atoms with Crippen molar-refractivity contribution in [3.63, 3.8) is 0 Å². The molecule has 16 heavy (non-hydrogen) atoms. The van der Waals surface area contributed by atoms with Gasteiger partial charge in [-0.2, -0.15) is 11.8 Å². The van der Waals surface area contributed by atoms with Crippen LogP contribution < -0.4 is 5.32 Å². The van der Waals surface area contributed by atoms with Gasteiger partial charge in [-0.05, 0) is 25.0 Å². The molecule has 1 rings (SSSR count). The summed E-state index contributed by atoms with van der Waals surface area (Å²) in [6, 6.07) is 0. The van der Waals surface area contributed by atoms with Gasteiger partial charge in [-0.15, -0.1) is 0 Å². The Balaban J connectivity index is 2.19. The van der Waals surface area contributed by atoms with Gasteiger partial charge in [0.05, 0.1) is 6.10 Å². The highest BCUT2D eigenvalue weighted by molar-refractivity contribution is 7.98. The summed E-state index contributed by atoms with van der Waals surface area (Å²) in [5.74, 6) is 1.33. The van der Waals surface area contributed by atoms with E-state index < -0.39 is 0 Å². The van der Waals surface area contributed by atoms with Crippen LogP contribution in [0.5, 0.6) is 0 Å². The van der Waals surface area contributed by atoms with Crippen molar-refractivity contribution in [2.75, 3.05) is 18.6 Å². The van der Waals surface area contributed by atoms with Gasteiger partial charge in [0.25, 0.3) is 0 Å². The Kier molecular flexibility index (Phi) is 6.21. The van der Waals surface area contributed by atoms with Crippen molar-refractivity contribution in [2.45, 2.75) is 38.7 Å². The molecular weight excluding hydrogens is 222 g/mol. The standard InChI is InChI=1S/C12H23NO2S/c1-9(8-16-2)12(15)13-7-11(14)10-5-3-4-6-10/h9-11,14H,3-8H2,1-2H3,(H,13,15). The minimum absolute atomic E-state index is 0.0331. The summed E-state index contributed by atoms with van der Waals surface area (Å²) in [4.78, 5) is 11.6. The van der Waals surface area contributed by atoms with Crippen LogP contribution in [0.1, 0.15) is 32.6 Å². The molecule has 0 aromatic heterocycles. The van der Waals surface area contributed by atoms with Crippen LogP contribution in [-0.2, 0) is 4.79 Å². The number of hydrogen-bond acceptors (Lipinski definition) is 3. The second kappa shape index (κ2) is 7.17. The molecule has 3 nitrogen and oxygen atoms in total. The fourth-order valence-electron chi connectivity index (χ4n) is 2.21. The first-order valence-corrected chi connectivity index (χ1v) is 7.49. The topological polar surface area (TPSA) is 49.3 Å². The highest BCUT2D eigenvalue weighted by Gasteiger charge is 2.23. The number of hydrogen-bond donors (Lipinski definition) is 2. The van der Waals surface area contributed by atoms with Crippen molar-refractivity contribution < 1.29 is 9.90 Å². The molecule has 1 aliphatic rings. The molecule has 2 unspecified atom stereocenters. The van der Waals surface area contributed by atoms with Crippen LogP contribution in [0.2, 0.25) is 0 Å². The maximum absolute atomic E-state index is 11.6. The Morgan fingerprint density at radius 3 is 2.69 bits per heavy atom. The molecule has 1 fully saturated rings. The normalized spacial score (nSPS) is 20.7. The van der Waals surface area contributed by atoms with Crippen molar-refractivity contribution in [2.24, 2.45) is 11.8 Å². The Hall–Kier alpha value is -0.220. The Bertz CT molecular complexity index is 217. The number of amides is 1. The first kappa shape index (κ1) is 13.8. The minimum atomic E-state index is -0.354. The highest BCUT2D eigenvalue weighted by Crippen LogP contribution is 2.27. The van der Waals surface area contributed by atoms with E-state index in [1.54, 1.807) is 11.8 Å². The molecule has 0 spiro atoms. The molecule has 1 aliphatic carbocycles. The van der Waals surface area contributed by atoms with Crippen LogP contribution in [0.15, 0.2) is 0 Å². The zero-order chi connectivity index (χ0) is 12.0. The fraction of sp³-hybridized carbons (Fsp3) is 0.917. The average molecular weight is 245 g/mol. The zero-order valence-corrected chi connectivity index (χ0v) is 11.1. The molecule has 0 aromatic rings. The number of thioether (sulfide) groups is 1. The Morgan fingerprint density at radius 1 is 1.50 bits per heavy atom. The van der Waals surface area contributed by atoms with Gasteiger partial charge in [0.2, 0.25) is 5.91 Å². The molecule has 0 aliphatic heterocycles. The lowest BCUT2D eigenvalue weighted by Crippen LogP contribution is -2.38. The third kappa shape index (κ3) is 4.34. The lowest BCUT2D eigenvalue weighted by molar-refractivity contribution is -0.124. The van der Waals surface area contributed by atoms with E-state index in [9.17, 15) is 9.90 Å². The van der Waals surface area contributed by atoms with Gasteiger partial charge in [-0.1, -0.05) is 19.8 Å². The third-order valence-corrected chi connectivity index (χ3v) is 4.13. The summed E-state index contributed by atoms with van der Waals surface area (Å²) in [5, 5.41) is 12.7. The van der Waals surface area contributed by atoms with E-state index in [1.807, 2.05) is 13.2 Å². The van der Waals surface area contributed by atoms with Crippen LogP contribution in [0.4, 0.5) is 0 Å². The largest absolute Gasteiger partial charge is 0.391 e. The number of carbonyl (C=O) groups excluding carboxylic acids is 1. The summed E-state index contributed by atoms with van der Waals surface area (Å²) >= 11 is 1.67. The predicted octanol–water partition coefficient (Wildman–Crippen LogP) is 1.65. The summed E-state index contributed by atoms with van der Waals surface area (Å²) in [6.07, 6.45) is 6.30. The van der Waals surface area contributed by atoms with E-state index >= 15 is 0 Å². The van der Waals surface area contributed by atoms with Crippen LogP contribution in [0.3, 0.4) is 0 Å². The maximum atomic E-state index is 11.6. The molecule has 0 heterocycles. The van der Waals surface area contributed by atoms with Crippen molar-refractivity contribution in [3.05, 3.63) is 0 Å². The van der Waals surface area contributed by atoms with Crippen LogP contribution >= 0.6 is 11.8 Å². The lowest BCUT2D eigenvalue weighted by atomic mass is 10.0. The number of nitrogens with one attached hydrogen (secondary N) is 1. The first-order chi connectivity index (χ1) is 7.65. The third-order valence-electron chi connectivity index (χ3n) is 3.29. The molecule has 1 amide bonds. The summed E-state index contributed by atoms with van der Waals surface area (Å²) < 4.78 is 0. The summed E-state index contributed by atoms with van der Waals surface area (Å²) in [6.45, 7) is 2.34. The van der Waals surface area contributed by atoms with Gasteiger partial charge >= 0.3 is 0 Å². The van der Waals surface area contributed by atoms with Crippen molar-refractivity contribution in [1.82, 2.24) is 5.32 Å². The van der Waals surface area contributed by atoms with Crippen molar-refractivity contribution in [1.29, 1.82) is 0 Å². The molecule has 2 N–H and O–H groups in total. The Morgan fingerprint density at radius 2 is 2.12 bits per heavy atom. The molecular formula is C12H23NO2S. The predicted molar refractivity (Wildman–Crippen MR) is 68.5 cm³/mol. The van der Waals surface area contributed by atoms with Gasteiger partial charge in [0.15, 0.2) is 0 Å². The smallest absolute Gasteiger partial charge is 0.223 e. The summed E-state index contributed by atoms with van der Waals surface area (Å²) in [7, 11) is 0. The van der Waals surface area contributed by atoms with E-state index in [4.69, 9.17) is 0 Å². The number of aliphatic hydroxyl groups is 1. The molecule has 0 bridgehead atoms. The SMILES string of the molecule is CSCC(C)C(=O)NCC(O)C1CCCC1. The van der Waals surface area contributed by atoms with Crippen molar-refractivity contribution >= 4 is 17.7 Å². The van der Waals surface area contributed by atoms with Gasteiger partial charge in [-0.25, -0.2) is 0 Å². The number of carbonyl (C=O) groups is 1. The van der Waals surface area contributed by atoms with Gasteiger partial charge in [0.1, 0.15) is 0 Å². The molecule has 0 saturated heterocycles.